The summed E-state index contributed by atoms with van der Waals surface area (Å²) >= 11 is 0. The molecule has 0 aliphatic carbocycles. The first-order valence-corrected chi connectivity index (χ1v) is 7.07. The maximum atomic E-state index is 12.5. The Bertz CT molecular complexity index is 375. The number of alkyl halides is 6. The van der Waals surface area contributed by atoms with Gasteiger partial charge in [0.25, 0.3) is 0 Å². The number of carbonyl (C=O) groups excluding carboxylic acids is 2. The lowest BCUT2D eigenvalue weighted by Crippen LogP contribution is -2.49. The molecule has 0 spiro atoms. The maximum absolute atomic E-state index is 12.5. The Morgan fingerprint density at radius 2 is 0.958 bits per heavy atom. The lowest BCUT2D eigenvalue weighted by Gasteiger charge is -2.28. The summed E-state index contributed by atoms with van der Waals surface area (Å²) in [6.07, 6.45) is -10.2. The Hall–Kier alpha value is -1.56. The predicted octanol–water partition coefficient (Wildman–Crippen LogP) is 0.466. The average molecular weight is 366 g/mol. The van der Waals surface area contributed by atoms with Gasteiger partial charge in [0.1, 0.15) is 0 Å². The molecule has 0 radical (unpaired) electrons. The van der Waals surface area contributed by atoms with E-state index in [1.54, 1.807) is 0 Å². The summed E-state index contributed by atoms with van der Waals surface area (Å²) in [5, 5.41) is 0. The fraction of sp³-hybridized carbons (Fsp3) is 0.833. The van der Waals surface area contributed by atoms with Crippen LogP contribution in [0.3, 0.4) is 0 Å². The van der Waals surface area contributed by atoms with Crippen LogP contribution < -0.4 is 11.5 Å². The summed E-state index contributed by atoms with van der Waals surface area (Å²) in [6, 6.07) is 0. The van der Waals surface area contributed by atoms with E-state index in [1.165, 1.54) is 0 Å². The molecule has 142 valence electrons. The second kappa shape index (κ2) is 9.67. The summed E-state index contributed by atoms with van der Waals surface area (Å²) in [7, 11) is 0. The van der Waals surface area contributed by atoms with Crippen molar-refractivity contribution in [1.29, 1.82) is 0 Å². The van der Waals surface area contributed by atoms with E-state index >= 15 is 0 Å². The van der Waals surface area contributed by atoms with E-state index in [0.717, 1.165) is 0 Å². The van der Waals surface area contributed by atoms with Gasteiger partial charge in [-0.3, -0.25) is 9.59 Å². The maximum Gasteiger partial charge on any atom is 0.471 e. The molecular formula is C12H20F6N4O2. The van der Waals surface area contributed by atoms with Crippen molar-refractivity contribution in [3.05, 3.63) is 0 Å². The third-order valence-corrected chi connectivity index (χ3v) is 2.96. The van der Waals surface area contributed by atoms with Crippen LogP contribution >= 0.6 is 0 Å². The molecule has 0 atom stereocenters. The third kappa shape index (κ3) is 7.81. The van der Waals surface area contributed by atoms with Crippen LogP contribution in [-0.4, -0.2) is 73.2 Å². The molecule has 0 unspecified atom stereocenters. The number of amides is 2. The summed E-state index contributed by atoms with van der Waals surface area (Å²) in [5.41, 5.74) is 10.3. The van der Waals surface area contributed by atoms with Crippen LogP contribution in [0.2, 0.25) is 0 Å². The zero-order valence-electron chi connectivity index (χ0n) is 12.8. The molecule has 6 nitrogen and oxygen atoms in total. The molecule has 0 saturated heterocycles. The van der Waals surface area contributed by atoms with E-state index in [1.807, 2.05) is 0 Å². The van der Waals surface area contributed by atoms with Crippen molar-refractivity contribution in [2.45, 2.75) is 25.2 Å². The zero-order valence-corrected chi connectivity index (χ0v) is 12.8. The Morgan fingerprint density at radius 3 is 1.17 bits per heavy atom. The summed E-state index contributed by atoms with van der Waals surface area (Å²) in [4.78, 5) is 23.2. The van der Waals surface area contributed by atoms with Crippen molar-refractivity contribution in [3.63, 3.8) is 0 Å². The summed E-state index contributed by atoms with van der Waals surface area (Å²) in [6.45, 7) is -2.13. The van der Waals surface area contributed by atoms with Gasteiger partial charge in [0.05, 0.1) is 0 Å². The molecule has 0 aromatic rings. The van der Waals surface area contributed by atoms with E-state index in [-0.39, 0.29) is 39.0 Å². The number of nitrogens with zero attached hydrogens (tertiary/aromatic N) is 2. The minimum atomic E-state index is -5.16. The molecule has 2 amide bonds. The van der Waals surface area contributed by atoms with Gasteiger partial charge >= 0.3 is 24.2 Å². The first-order chi connectivity index (χ1) is 10.9. The predicted molar refractivity (Wildman–Crippen MR) is 72.6 cm³/mol. The Morgan fingerprint density at radius 1 is 0.667 bits per heavy atom. The van der Waals surface area contributed by atoms with Gasteiger partial charge in [-0.2, -0.15) is 26.3 Å². The normalized spacial score (nSPS) is 12.2. The molecule has 0 heterocycles. The molecule has 0 bridgehead atoms. The van der Waals surface area contributed by atoms with Gasteiger partial charge in [0.15, 0.2) is 0 Å². The summed E-state index contributed by atoms with van der Waals surface area (Å²) in [5.74, 6) is -4.37. The zero-order chi connectivity index (χ0) is 19.0. The van der Waals surface area contributed by atoms with Crippen LogP contribution in [-0.2, 0) is 9.59 Å². The van der Waals surface area contributed by atoms with Gasteiger partial charge in [-0.15, -0.1) is 0 Å². The number of hydrogen-bond donors (Lipinski definition) is 2. The molecule has 0 saturated carbocycles. The van der Waals surface area contributed by atoms with Gasteiger partial charge in [0, 0.05) is 26.2 Å². The van der Waals surface area contributed by atoms with E-state index in [2.05, 4.69) is 0 Å². The van der Waals surface area contributed by atoms with Gasteiger partial charge in [-0.05, 0) is 25.9 Å². The minimum Gasteiger partial charge on any atom is -0.333 e. The average Bonchev–Trinajstić information content (AvgIpc) is 2.47. The molecule has 0 aromatic heterocycles. The summed E-state index contributed by atoms with van der Waals surface area (Å²) < 4.78 is 75.0. The smallest absolute Gasteiger partial charge is 0.333 e. The number of hydrogen-bond acceptors (Lipinski definition) is 4. The van der Waals surface area contributed by atoms with Crippen LogP contribution in [0.1, 0.15) is 12.8 Å². The minimum absolute atomic E-state index is 0.00000660. The van der Waals surface area contributed by atoms with Crippen molar-refractivity contribution in [2.24, 2.45) is 11.5 Å². The highest BCUT2D eigenvalue weighted by molar-refractivity contribution is 5.83. The van der Waals surface area contributed by atoms with E-state index in [4.69, 9.17) is 11.5 Å². The Kier molecular flexibility index (Phi) is 9.04. The van der Waals surface area contributed by atoms with E-state index in [9.17, 15) is 35.9 Å². The van der Waals surface area contributed by atoms with Crippen LogP contribution in [0.25, 0.3) is 0 Å². The van der Waals surface area contributed by atoms with Crippen molar-refractivity contribution in [3.8, 4) is 0 Å². The highest BCUT2D eigenvalue weighted by atomic mass is 19.4. The lowest BCUT2D eigenvalue weighted by molar-refractivity contribution is -0.189. The number of halogens is 6. The molecule has 4 N–H and O–H groups in total. The number of rotatable bonds is 9. The quantitative estimate of drug-likeness (QED) is 0.580. The largest absolute Gasteiger partial charge is 0.471 e. The van der Waals surface area contributed by atoms with Crippen molar-refractivity contribution in [2.75, 3.05) is 39.3 Å². The first-order valence-electron chi connectivity index (χ1n) is 7.07. The molecule has 0 aliphatic rings. The fourth-order valence-corrected chi connectivity index (χ4v) is 1.79. The molecular weight excluding hydrogens is 346 g/mol. The Labute approximate surface area is 134 Å². The molecule has 0 aliphatic heterocycles. The molecule has 0 rings (SSSR count). The SMILES string of the molecule is NCCCN(CCN(CCCN)C(=O)C(F)(F)F)C(=O)C(F)(F)F. The highest BCUT2D eigenvalue weighted by Gasteiger charge is 2.44. The van der Waals surface area contributed by atoms with Gasteiger partial charge in [-0.25, -0.2) is 0 Å². The van der Waals surface area contributed by atoms with E-state index in [0.29, 0.717) is 9.80 Å². The molecule has 12 heteroatoms. The van der Waals surface area contributed by atoms with E-state index < -0.39 is 37.3 Å². The third-order valence-electron chi connectivity index (χ3n) is 2.96. The van der Waals surface area contributed by atoms with Crippen LogP contribution in [0.4, 0.5) is 26.3 Å². The molecule has 0 fully saturated rings. The van der Waals surface area contributed by atoms with Gasteiger partial charge in [0.2, 0.25) is 0 Å². The van der Waals surface area contributed by atoms with Crippen LogP contribution in [0, 0.1) is 0 Å². The van der Waals surface area contributed by atoms with Gasteiger partial charge in [-0.1, -0.05) is 0 Å². The number of carbonyl (C=O) groups is 2. The number of nitrogens with two attached hydrogens (primary N) is 2. The second-order valence-corrected chi connectivity index (χ2v) is 4.86. The highest BCUT2D eigenvalue weighted by Crippen LogP contribution is 2.20. The molecule has 24 heavy (non-hydrogen) atoms. The van der Waals surface area contributed by atoms with Crippen LogP contribution in [0.15, 0.2) is 0 Å². The van der Waals surface area contributed by atoms with Crippen molar-refractivity contribution in [1.82, 2.24) is 9.80 Å². The van der Waals surface area contributed by atoms with Crippen molar-refractivity contribution < 1.29 is 35.9 Å². The van der Waals surface area contributed by atoms with Crippen LogP contribution in [0.5, 0.6) is 0 Å². The standard InChI is InChI=1S/C12H20F6N4O2/c13-11(14,15)9(23)21(5-1-3-19)7-8-22(6-2-4-20)10(24)12(16,17)18/h1-8,19-20H2. The topological polar surface area (TPSA) is 92.7 Å². The lowest BCUT2D eigenvalue weighted by atomic mass is 10.3. The monoisotopic (exact) mass is 366 g/mol. The van der Waals surface area contributed by atoms with Gasteiger partial charge < -0.3 is 21.3 Å². The fourth-order valence-electron chi connectivity index (χ4n) is 1.79. The first kappa shape index (κ1) is 22.4. The molecule has 0 aromatic carbocycles. The van der Waals surface area contributed by atoms with Crippen molar-refractivity contribution >= 4 is 11.8 Å². The Balaban J connectivity index is 5.02. The second-order valence-electron chi connectivity index (χ2n) is 4.86.